The van der Waals surface area contributed by atoms with E-state index < -0.39 is 7.12 Å². The van der Waals surface area contributed by atoms with Gasteiger partial charge in [-0.1, -0.05) is 12.1 Å². The Kier molecular flexibility index (Phi) is 2.95. The fourth-order valence-electron chi connectivity index (χ4n) is 1.62. The van der Waals surface area contributed by atoms with E-state index in [0.29, 0.717) is 18.9 Å². The predicted molar refractivity (Wildman–Crippen MR) is 58.0 cm³/mol. The fraction of sp³-hybridized carbons (Fsp3) is 0.400. The lowest BCUT2D eigenvalue weighted by molar-refractivity contribution is 0.231. The van der Waals surface area contributed by atoms with Gasteiger partial charge in [-0.05, 0) is 18.6 Å². The second-order valence-electron chi connectivity index (χ2n) is 3.66. The third kappa shape index (κ3) is 1.99. The van der Waals surface area contributed by atoms with Crippen LogP contribution in [-0.4, -0.2) is 24.8 Å². The zero-order chi connectivity index (χ0) is 10.8. The van der Waals surface area contributed by atoms with Crippen LogP contribution in [0.2, 0.25) is 0 Å². The van der Waals surface area contributed by atoms with Gasteiger partial charge in [0, 0.05) is 12.0 Å². The molecule has 5 heteroatoms. The Hall–Kier alpha value is -1.04. The Labute approximate surface area is 89.1 Å². The molecule has 0 fully saturated rings. The first-order valence-corrected chi connectivity index (χ1v) is 5.00. The van der Waals surface area contributed by atoms with Crippen LogP contribution in [0.25, 0.3) is 0 Å². The highest BCUT2D eigenvalue weighted by Crippen LogP contribution is 2.18. The number of ether oxygens (including phenoxy) is 1. The summed E-state index contributed by atoms with van der Waals surface area (Å²) < 4.78 is 10.7. The van der Waals surface area contributed by atoms with Crippen LogP contribution in [-0.2, 0) is 11.3 Å². The molecule has 0 aliphatic carbocycles. The van der Waals surface area contributed by atoms with Crippen LogP contribution in [0.15, 0.2) is 18.2 Å². The number of nitrogens with two attached hydrogens (primary N) is 1. The maximum Gasteiger partial charge on any atom is 0.495 e. The number of hydrogen-bond donors (Lipinski definition) is 2. The van der Waals surface area contributed by atoms with Gasteiger partial charge in [0.1, 0.15) is 11.9 Å². The summed E-state index contributed by atoms with van der Waals surface area (Å²) >= 11 is 0. The van der Waals surface area contributed by atoms with Crippen LogP contribution >= 0.6 is 0 Å². The minimum absolute atomic E-state index is 0.0655. The van der Waals surface area contributed by atoms with Gasteiger partial charge in [-0.15, -0.1) is 0 Å². The minimum Gasteiger partial charge on any atom is -0.490 e. The zero-order valence-electron chi connectivity index (χ0n) is 8.64. The third-order valence-corrected chi connectivity index (χ3v) is 2.46. The average Bonchev–Trinajstić information content (AvgIpc) is 2.61. The molecule has 1 atom stereocenters. The van der Waals surface area contributed by atoms with Crippen molar-refractivity contribution < 1.29 is 14.4 Å². The van der Waals surface area contributed by atoms with Crippen molar-refractivity contribution in [1.82, 2.24) is 0 Å². The van der Waals surface area contributed by atoms with E-state index in [-0.39, 0.29) is 6.10 Å². The van der Waals surface area contributed by atoms with E-state index in [9.17, 15) is 5.02 Å². The first kappa shape index (κ1) is 10.5. The molecular formula is C10H14BNO3. The van der Waals surface area contributed by atoms with Crippen LogP contribution in [0.1, 0.15) is 12.5 Å². The van der Waals surface area contributed by atoms with Crippen molar-refractivity contribution >= 4 is 12.6 Å². The van der Waals surface area contributed by atoms with Crippen molar-refractivity contribution in [3.63, 3.8) is 0 Å². The molecule has 80 valence electrons. The molecular weight excluding hydrogens is 193 g/mol. The fourth-order valence-corrected chi connectivity index (χ4v) is 1.62. The molecule has 0 saturated carbocycles. The van der Waals surface area contributed by atoms with E-state index in [1.54, 1.807) is 0 Å². The van der Waals surface area contributed by atoms with E-state index in [2.05, 4.69) is 0 Å². The topological polar surface area (TPSA) is 64.7 Å². The van der Waals surface area contributed by atoms with E-state index in [4.69, 9.17) is 15.1 Å². The lowest BCUT2D eigenvalue weighted by Gasteiger charge is -2.15. The summed E-state index contributed by atoms with van der Waals surface area (Å²) in [4.78, 5) is 0. The van der Waals surface area contributed by atoms with E-state index in [1.165, 1.54) is 0 Å². The van der Waals surface area contributed by atoms with E-state index in [0.717, 1.165) is 11.0 Å². The lowest BCUT2D eigenvalue weighted by atomic mass is 9.79. The summed E-state index contributed by atoms with van der Waals surface area (Å²) in [6.45, 7) is 2.77. The number of fused-ring (bicyclic) bond motifs is 1. The molecule has 0 saturated heterocycles. The van der Waals surface area contributed by atoms with Gasteiger partial charge in [0.15, 0.2) is 0 Å². The van der Waals surface area contributed by atoms with Crippen LogP contribution in [0, 0.1) is 0 Å². The van der Waals surface area contributed by atoms with Gasteiger partial charge in [-0.3, -0.25) is 0 Å². The summed E-state index contributed by atoms with van der Waals surface area (Å²) in [6, 6.07) is 5.63. The predicted octanol–water partition coefficient (Wildman–Crippen LogP) is -0.370. The second kappa shape index (κ2) is 4.22. The van der Waals surface area contributed by atoms with Crippen LogP contribution in [0.4, 0.5) is 0 Å². The van der Waals surface area contributed by atoms with E-state index in [1.807, 2.05) is 25.1 Å². The zero-order valence-corrected chi connectivity index (χ0v) is 8.64. The molecule has 1 aliphatic rings. The van der Waals surface area contributed by atoms with Crippen LogP contribution < -0.4 is 15.9 Å². The molecule has 2 rings (SSSR count). The smallest absolute Gasteiger partial charge is 0.490 e. The summed E-state index contributed by atoms with van der Waals surface area (Å²) in [7, 11) is -0.874. The summed E-state index contributed by atoms with van der Waals surface area (Å²) in [5, 5.41) is 9.61. The summed E-state index contributed by atoms with van der Waals surface area (Å²) in [5.41, 5.74) is 7.19. The van der Waals surface area contributed by atoms with Crippen LogP contribution in [0.5, 0.6) is 5.75 Å². The first-order valence-electron chi connectivity index (χ1n) is 5.00. The normalized spacial score (nSPS) is 16.3. The van der Waals surface area contributed by atoms with Crippen molar-refractivity contribution in [1.29, 1.82) is 0 Å². The standard InChI is InChI=1S/C10H14BNO3/c1-7(5-12)15-9-4-2-3-8-6-14-11(13)10(8)9/h2-4,7,13H,5-6,12H2,1H3. The molecule has 3 N–H and O–H groups in total. The highest BCUT2D eigenvalue weighted by atomic mass is 16.5. The number of hydrogen-bond acceptors (Lipinski definition) is 4. The quantitative estimate of drug-likeness (QED) is 0.663. The van der Waals surface area contributed by atoms with Crippen molar-refractivity contribution in [3.05, 3.63) is 23.8 Å². The number of rotatable bonds is 3. The van der Waals surface area contributed by atoms with Gasteiger partial charge in [0.25, 0.3) is 0 Å². The molecule has 0 amide bonds. The molecule has 1 heterocycles. The molecule has 15 heavy (non-hydrogen) atoms. The Morgan fingerprint density at radius 2 is 2.47 bits per heavy atom. The van der Waals surface area contributed by atoms with Crippen molar-refractivity contribution in [2.24, 2.45) is 5.73 Å². The summed E-state index contributed by atoms with van der Waals surface area (Å²) in [5.74, 6) is 0.662. The molecule has 1 aliphatic heterocycles. The number of benzene rings is 1. The van der Waals surface area contributed by atoms with E-state index >= 15 is 0 Å². The molecule has 0 spiro atoms. The van der Waals surface area contributed by atoms with Gasteiger partial charge in [0.05, 0.1) is 6.61 Å². The average molecular weight is 207 g/mol. The molecule has 1 aromatic carbocycles. The summed E-state index contributed by atoms with van der Waals surface area (Å²) in [6.07, 6.45) is -0.0655. The van der Waals surface area contributed by atoms with Crippen molar-refractivity contribution in [2.75, 3.05) is 6.54 Å². The minimum atomic E-state index is -0.874. The Bertz CT molecular complexity index is 359. The van der Waals surface area contributed by atoms with Gasteiger partial charge in [0.2, 0.25) is 0 Å². The van der Waals surface area contributed by atoms with Crippen molar-refractivity contribution in [3.8, 4) is 5.75 Å². The van der Waals surface area contributed by atoms with Gasteiger partial charge < -0.3 is 20.1 Å². The second-order valence-corrected chi connectivity index (χ2v) is 3.66. The molecule has 0 radical (unpaired) electrons. The maximum absolute atomic E-state index is 9.61. The van der Waals surface area contributed by atoms with Crippen molar-refractivity contribution in [2.45, 2.75) is 19.6 Å². The lowest BCUT2D eigenvalue weighted by Crippen LogP contribution is -2.32. The SMILES string of the molecule is CC(CN)Oc1cccc2c1B(O)OC2. The molecule has 0 aromatic heterocycles. The molecule has 4 nitrogen and oxygen atoms in total. The Morgan fingerprint density at radius 3 is 3.20 bits per heavy atom. The highest BCUT2D eigenvalue weighted by Gasteiger charge is 2.31. The highest BCUT2D eigenvalue weighted by molar-refractivity contribution is 6.62. The first-order chi connectivity index (χ1) is 7.22. The molecule has 1 unspecified atom stereocenters. The van der Waals surface area contributed by atoms with Gasteiger partial charge in [-0.25, -0.2) is 0 Å². The largest absolute Gasteiger partial charge is 0.495 e. The van der Waals surface area contributed by atoms with Gasteiger partial charge in [-0.2, -0.15) is 0 Å². The molecule has 0 bridgehead atoms. The Morgan fingerprint density at radius 1 is 1.67 bits per heavy atom. The maximum atomic E-state index is 9.61. The monoisotopic (exact) mass is 207 g/mol. The Balaban J connectivity index is 2.28. The molecule has 1 aromatic rings. The van der Waals surface area contributed by atoms with Gasteiger partial charge >= 0.3 is 7.12 Å². The third-order valence-electron chi connectivity index (χ3n) is 2.46. The van der Waals surface area contributed by atoms with Crippen LogP contribution in [0.3, 0.4) is 0 Å².